The second-order valence-electron chi connectivity index (χ2n) is 4.28. The molecule has 3 rings (SSSR count). The van der Waals surface area contributed by atoms with E-state index in [2.05, 4.69) is 28.6 Å². The molecular weight excluding hydrogens is 220 g/mol. The molecule has 1 unspecified atom stereocenters. The maximum atomic E-state index is 9.60. The van der Waals surface area contributed by atoms with E-state index in [1.54, 1.807) is 11.3 Å². The molecule has 0 saturated heterocycles. The normalized spacial score (nSPS) is 19.8. The van der Waals surface area contributed by atoms with Gasteiger partial charge in [-0.2, -0.15) is 0 Å². The SMILES string of the molecule is Cc1ccc(-c2ncc3n2CCC(O)C3)s1. The van der Waals surface area contributed by atoms with Gasteiger partial charge in [0.05, 0.1) is 11.0 Å². The zero-order chi connectivity index (χ0) is 11.1. The van der Waals surface area contributed by atoms with Gasteiger partial charge < -0.3 is 9.67 Å². The van der Waals surface area contributed by atoms with E-state index in [1.165, 1.54) is 9.75 Å². The first-order valence-corrected chi connectivity index (χ1v) is 6.35. The van der Waals surface area contributed by atoms with E-state index in [1.807, 2.05) is 6.20 Å². The minimum atomic E-state index is -0.192. The summed E-state index contributed by atoms with van der Waals surface area (Å²) in [6, 6.07) is 4.25. The fourth-order valence-electron chi connectivity index (χ4n) is 2.20. The Labute approximate surface area is 98.4 Å². The summed E-state index contributed by atoms with van der Waals surface area (Å²) in [4.78, 5) is 7.01. The summed E-state index contributed by atoms with van der Waals surface area (Å²) < 4.78 is 2.23. The molecule has 0 bridgehead atoms. The average Bonchev–Trinajstić information content (AvgIpc) is 2.83. The molecular formula is C12H14N2OS. The lowest BCUT2D eigenvalue weighted by atomic mass is 10.1. The summed E-state index contributed by atoms with van der Waals surface area (Å²) in [5.74, 6) is 1.06. The van der Waals surface area contributed by atoms with Crippen LogP contribution in [0.1, 0.15) is 17.0 Å². The van der Waals surface area contributed by atoms with Gasteiger partial charge in [-0.25, -0.2) is 4.98 Å². The first-order chi connectivity index (χ1) is 7.74. The second kappa shape index (κ2) is 3.71. The third kappa shape index (κ3) is 1.58. The summed E-state index contributed by atoms with van der Waals surface area (Å²) in [5, 5.41) is 9.60. The summed E-state index contributed by atoms with van der Waals surface area (Å²) in [5.41, 5.74) is 1.15. The largest absolute Gasteiger partial charge is 0.393 e. The van der Waals surface area contributed by atoms with Gasteiger partial charge in [-0.1, -0.05) is 0 Å². The molecule has 1 aliphatic heterocycles. The van der Waals surface area contributed by atoms with E-state index in [-0.39, 0.29) is 6.10 Å². The number of nitrogens with zero attached hydrogens (tertiary/aromatic N) is 2. The fourth-order valence-corrected chi connectivity index (χ4v) is 3.07. The predicted octanol–water partition coefficient (Wildman–Crippen LogP) is 2.23. The molecule has 0 fully saturated rings. The highest BCUT2D eigenvalue weighted by Crippen LogP contribution is 2.29. The molecule has 0 amide bonds. The Morgan fingerprint density at radius 1 is 1.50 bits per heavy atom. The number of aliphatic hydroxyl groups is 1. The molecule has 2 aromatic rings. The van der Waals surface area contributed by atoms with Gasteiger partial charge in [-0.3, -0.25) is 0 Å². The number of aryl methyl sites for hydroxylation is 1. The number of fused-ring (bicyclic) bond motifs is 1. The van der Waals surface area contributed by atoms with Crippen molar-refractivity contribution in [2.75, 3.05) is 0 Å². The smallest absolute Gasteiger partial charge is 0.150 e. The second-order valence-corrected chi connectivity index (χ2v) is 5.57. The van der Waals surface area contributed by atoms with E-state index in [9.17, 15) is 5.11 Å². The first kappa shape index (κ1) is 10.1. The monoisotopic (exact) mass is 234 g/mol. The molecule has 0 aromatic carbocycles. The highest BCUT2D eigenvalue weighted by molar-refractivity contribution is 7.15. The molecule has 3 nitrogen and oxygen atoms in total. The van der Waals surface area contributed by atoms with Crippen LogP contribution in [0.3, 0.4) is 0 Å². The van der Waals surface area contributed by atoms with E-state index in [0.717, 1.165) is 30.9 Å². The van der Waals surface area contributed by atoms with E-state index < -0.39 is 0 Å². The fraction of sp³-hybridized carbons (Fsp3) is 0.417. The molecule has 0 spiro atoms. The Morgan fingerprint density at radius 3 is 3.12 bits per heavy atom. The quantitative estimate of drug-likeness (QED) is 0.821. The van der Waals surface area contributed by atoms with Crippen LogP contribution in [-0.2, 0) is 13.0 Å². The third-order valence-electron chi connectivity index (χ3n) is 3.03. The average molecular weight is 234 g/mol. The van der Waals surface area contributed by atoms with Gasteiger partial charge >= 0.3 is 0 Å². The molecule has 2 aromatic heterocycles. The van der Waals surface area contributed by atoms with Crippen LogP contribution >= 0.6 is 11.3 Å². The van der Waals surface area contributed by atoms with E-state index >= 15 is 0 Å². The van der Waals surface area contributed by atoms with Crippen LogP contribution in [-0.4, -0.2) is 20.8 Å². The van der Waals surface area contributed by atoms with Crippen LogP contribution in [0.15, 0.2) is 18.3 Å². The molecule has 3 heterocycles. The van der Waals surface area contributed by atoms with Crippen molar-refractivity contribution >= 4 is 11.3 Å². The van der Waals surface area contributed by atoms with Crippen molar-refractivity contribution in [2.24, 2.45) is 0 Å². The lowest BCUT2D eigenvalue weighted by Crippen LogP contribution is -2.22. The van der Waals surface area contributed by atoms with Crippen molar-refractivity contribution < 1.29 is 5.11 Å². The van der Waals surface area contributed by atoms with Crippen molar-refractivity contribution in [1.29, 1.82) is 0 Å². The standard InChI is InChI=1S/C12H14N2OS/c1-8-2-3-11(16-8)12-13-7-9-6-10(15)4-5-14(9)12/h2-3,7,10,15H,4-6H2,1H3. The van der Waals surface area contributed by atoms with Crippen molar-refractivity contribution in [1.82, 2.24) is 9.55 Å². The molecule has 1 aliphatic rings. The minimum absolute atomic E-state index is 0.192. The summed E-state index contributed by atoms with van der Waals surface area (Å²) in [6.07, 6.45) is 3.27. The van der Waals surface area contributed by atoms with Crippen LogP contribution in [0.4, 0.5) is 0 Å². The Hall–Kier alpha value is -1.13. The van der Waals surface area contributed by atoms with Crippen LogP contribution in [0.2, 0.25) is 0 Å². The van der Waals surface area contributed by atoms with Gasteiger partial charge in [0, 0.05) is 29.7 Å². The topological polar surface area (TPSA) is 38.0 Å². The molecule has 16 heavy (non-hydrogen) atoms. The van der Waals surface area contributed by atoms with E-state index in [4.69, 9.17) is 0 Å². The van der Waals surface area contributed by atoms with Crippen LogP contribution in [0.5, 0.6) is 0 Å². The zero-order valence-corrected chi connectivity index (χ0v) is 10.00. The predicted molar refractivity (Wildman–Crippen MR) is 64.6 cm³/mol. The van der Waals surface area contributed by atoms with Crippen LogP contribution < -0.4 is 0 Å². The van der Waals surface area contributed by atoms with Crippen LogP contribution in [0.25, 0.3) is 10.7 Å². The third-order valence-corrected chi connectivity index (χ3v) is 4.03. The van der Waals surface area contributed by atoms with Crippen molar-refractivity contribution in [2.45, 2.75) is 32.4 Å². The Morgan fingerprint density at radius 2 is 2.38 bits per heavy atom. The molecule has 0 aliphatic carbocycles. The number of rotatable bonds is 1. The van der Waals surface area contributed by atoms with Gasteiger partial charge in [-0.05, 0) is 25.5 Å². The Bertz CT molecular complexity index is 515. The Kier molecular flexibility index (Phi) is 2.33. The highest BCUT2D eigenvalue weighted by Gasteiger charge is 2.20. The number of hydrogen-bond donors (Lipinski definition) is 1. The zero-order valence-electron chi connectivity index (χ0n) is 9.18. The number of aliphatic hydroxyl groups excluding tert-OH is 1. The number of imidazole rings is 1. The summed E-state index contributed by atoms with van der Waals surface area (Å²) in [6.45, 7) is 2.99. The minimum Gasteiger partial charge on any atom is -0.393 e. The molecule has 1 atom stereocenters. The molecule has 84 valence electrons. The lowest BCUT2D eigenvalue weighted by molar-refractivity contribution is 0.144. The molecule has 1 N–H and O–H groups in total. The van der Waals surface area contributed by atoms with Gasteiger partial charge in [0.2, 0.25) is 0 Å². The van der Waals surface area contributed by atoms with Crippen molar-refractivity contribution in [3.05, 3.63) is 28.9 Å². The van der Waals surface area contributed by atoms with Gasteiger partial charge in [0.1, 0.15) is 5.82 Å². The summed E-state index contributed by atoms with van der Waals surface area (Å²) in [7, 11) is 0. The summed E-state index contributed by atoms with van der Waals surface area (Å²) >= 11 is 1.77. The molecule has 0 radical (unpaired) electrons. The number of thiophene rings is 1. The Balaban J connectivity index is 2.03. The van der Waals surface area contributed by atoms with Gasteiger partial charge in [0.25, 0.3) is 0 Å². The van der Waals surface area contributed by atoms with E-state index in [0.29, 0.717) is 0 Å². The van der Waals surface area contributed by atoms with Crippen LogP contribution in [0, 0.1) is 6.92 Å². The number of aromatic nitrogens is 2. The number of hydrogen-bond acceptors (Lipinski definition) is 3. The van der Waals surface area contributed by atoms with Gasteiger partial charge in [-0.15, -0.1) is 11.3 Å². The lowest BCUT2D eigenvalue weighted by Gasteiger charge is -2.20. The van der Waals surface area contributed by atoms with Crippen molar-refractivity contribution in [3.8, 4) is 10.7 Å². The van der Waals surface area contributed by atoms with Gasteiger partial charge in [0.15, 0.2) is 0 Å². The maximum absolute atomic E-state index is 9.60. The highest BCUT2D eigenvalue weighted by atomic mass is 32.1. The molecule has 4 heteroatoms. The maximum Gasteiger partial charge on any atom is 0.150 e. The van der Waals surface area contributed by atoms with Crippen molar-refractivity contribution in [3.63, 3.8) is 0 Å². The first-order valence-electron chi connectivity index (χ1n) is 5.53. The molecule has 0 saturated carbocycles.